The molecule has 2 amide bonds. The quantitative estimate of drug-likeness (QED) is 0.631. The maximum absolute atomic E-state index is 12.7. The number of benzene rings is 1. The number of aryl methyl sites for hydroxylation is 1. The Morgan fingerprint density at radius 3 is 2.64 bits per heavy atom. The number of hydrogen-bond donors (Lipinski definition) is 1. The van der Waals surface area contributed by atoms with Gasteiger partial charge < -0.3 is 5.32 Å². The molecule has 2 heterocycles. The monoisotopic (exact) mass is 391 g/mol. The molecule has 5 nitrogen and oxygen atoms in total. The van der Waals surface area contributed by atoms with Crippen LogP contribution in [0.3, 0.4) is 0 Å². The van der Waals surface area contributed by atoms with E-state index in [0.29, 0.717) is 18.7 Å². The molecule has 1 aromatic heterocycles. The lowest BCUT2D eigenvalue weighted by Crippen LogP contribution is -2.34. The van der Waals surface area contributed by atoms with Crippen molar-refractivity contribution in [2.75, 3.05) is 25.5 Å². The summed E-state index contributed by atoms with van der Waals surface area (Å²) in [4.78, 5) is 18.6. The summed E-state index contributed by atoms with van der Waals surface area (Å²) in [5.74, 6) is 0.904. The Morgan fingerprint density at radius 1 is 1.25 bits per heavy atom. The Balaban J connectivity index is 1.60. The van der Waals surface area contributed by atoms with Crippen LogP contribution in [0.25, 0.3) is 0 Å². The second-order valence-corrected chi connectivity index (χ2v) is 6.77. The molecule has 8 heteroatoms. The topological polar surface area (TPSA) is 48.2 Å². The average Bonchev–Trinajstić information content (AvgIpc) is 2.70. The van der Waals surface area contributed by atoms with Crippen LogP contribution in [0.5, 0.6) is 0 Å². The molecule has 2 aromatic rings. The number of aromatic nitrogens is 1. The van der Waals surface area contributed by atoms with Gasteiger partial charge >= 0.3 is 12.2 Å². The smallest absolute Gasteiger partial charge is 0.370 e. The van der Waals surface area contributed by atoms with Crippen molar-refractivity contribution in [3.63, 3.8) is 0 Å². The molecule has 0 aliphatic carbocycles. The molecule has 0 saturated heterocycles. The number of pyridine rings is 1. The van der Waals surface area contributed by atoms with Gasteiger partial charge in [0.2, 0.25) is 0 Å². The standard InChI is InChI=1S/C20H22F3N4O/c1-26(13-11-16-8-5-14-4-3-12-24-18(14)25-16)19(28)27(2)17-9-6-15(7-10-17)20(21,22)23/h5-10H,2-4,11-13H2,1H3,(H,24,25)/q+1. The van der Waals surface area contributed by atoms with Gasteiger partial charge in [0.15, 0.2) is 0 Å². The summed E-state index contributed by atoms with van der Waals surface area (Å²) in [6.45, 7) is 4.99. The van der Waals surface area contributed by atoms with E-state index in [-0.39, 0.29) is 0 Å². The molecule has 28 heavy (non-hydrogen) atoms. The van der Waals surface area contributed by atoms with Crippen LogP contribution in [0.15, 0.2) is 36.4 Å². The van der Waals surface area contributed by atoms with Crippen LogP contribution in [0.2, 0.25) is 0 Å². The first-order chi connectivity index (χ1) is 13.3. The summed E-state index contributed by atoms with van der Waals surface area (Å²) in [6.07, 6.45) is -1.74. The molecule has 0 radical (unpaired) electrons. The number of hydrogen-bond acceptors (Lipinski definition) is 3. The van der Waals surface area contributed by atoms with Crippen molar-refractivity contribution in [2.45, 2.75) is 25.4 Å². The van der Waals surface area contributed by atoms with Crippen LogP contribution in [-0.2, 0) is 19.0 Å². The highest BCUT2D eigenvalue weighted by Crippen LogP contribution is 2.30. The number of likely N-dealkylation sites (N-methyl/N-ethyl adjacent to an activating group) is 1. The second kappa shape index (κ2) is 8.00. The van der Waals surface area contributed by atoms with Crippen LogP contribution < -0.4 is 5.32 Å². The molecule has 0 unspecified atom stereocenters. The Hall–Kier alpha value is -2.90. The predicted octanol–water partition coefficient (Wildman–Crippen LogP) is 4.10. The van der Waals surface area contributed by atoms with Crippen molar-refractivity contribution in [2.24, 2.45) is 0 Å². The van der Waals surface area contributed by atoms with E-state index in [1.165, 1.54) is 22.6 Å². The molecule has 0 bridgehead atoms. The van der Waals surface area contributed by atoms with Crippen molar-refractivity contribution >= 4 is 24.3 Å². The summed E-state index contributed by atoms with van der Waals surface area (Å²) in [5, 5.41) is 3.28. The maximum Gasteiger partial charge on any atom is 0.497 e. The van der Waals surface area contributed by atoms with E-state index in [1.54, 1.807) is 7.05 Å². The molecule has 148 valence electrons. The zero-order valence-corrected chi connectivity index (χ0v) is 15.6. The molecule has 0 atom stereocenters. The van der Waals surface area contributed by atoms with Gasteiger partial charge in [0.05, 0.1) is 25.9 Å². The average molecular weight is 391 g/mol. The molecule has 1 N–H and O–H groups in total. The van der Waals surface area contributed by atoms with E-state index < -0.39 is 17.8 Å². The number of amides is 2. The van der Waals surface area contributed by atoms with E-state index >= 15 is 0 Å². The van der Waals surface area contributed by atoms with Crippen LogP contribution in [0.1, 0.15) is 23.2 Å². The van der Waals surface area contributed by atoms with E-state index in [1.807, 2.05) is 6.07 Å². The highest BCUT2D eigenvalue weighted by molar-refractivity contribution is 5.70. The predicted molar refractivity (Wildman–Crippen MR) is 101 cm³/mol. The number of fused-ring (bicyclic) bond motifs is 1. The first-order valence-electron chi connectivity index (χ1n) is 9.01. The molecule has 1 aliphatic rings. The summed E-state index contributed by atoms with van der Waals surface area (Å²) < 4.78 is 39.1. The Kier molecular flexibility index (Phi) is 5.67. The van der Waals surface area contributed by atoms with Crippen molar-refractivity contribution in [3.8, 4) is 0 Å². The van der Waals surface area contributed by atoms with Crippen LogP contribution in [0, 0.1) is 0 Å². The van der Waals surface area contributed by atoms with Gasteiger partial charge in [-0.05, 0) is 48.7 Å². The number of urea groups is 1. The minimum Gasteiger partial charge on any atom is -0.370 e. The highest BCUT2D eigenvalue weighted by Gasteiger charge is 2.31. The maximum atomic E-state index is 12.7. The van der Waals surface area contributed by atoms with Crippen molar-refractivity contribution in [3.05, 3.63) is 53.2 Å². The minimum atomic E-state index is -4.41. The van der Waals surface area contributed by atoms with Gasteiger partial charge in [-0.1, -0.05) is 6.07 Å². The Labute approximate surface area is 161 Å². The molecular formula is C20H22F3N4O+. The number of nitrogens with one attached hydrogen (secondary N) is 1. The van der Waals surface area contributed by atoms with Crippen LogP contribution in [-0.4, -0.2) is 47.3 Å². The number of anilines is 1. The van der Waals surface area contributed by atoms with E-state index in [2.05, 4.69) is 23.1 Å². The van der Waals surface area contributed by atoms with Gasteiger partial charge in [0.25, 0.3) is 0 Å². The lowest BCUT2D eigenvalue weighted by atomic mass is 10.1. The van der Waals surface area contributed by atoms with E-state index in [0.717, 1.165) is 47.6 Å². The number of carbonyl (C=O) groups excluding carboxylic acids is 1. The largest absolute Gasteiger partial charge is 0.497 e. The Bertz CT molecular complexity index is 878. The molecule has 0 spiro atoms. The molecule has 0 fully saturated rings. The normalized spacial score (nSPS) is 13.4. The number of nitrogens with zero attached hydrogens (tertiary/aromatic N) is 3. The lowest BCUT2D eigenvalue weighted by Gasteiger charge is -2.17. The fourth-order valence-electron chi connectivity index (χ4n) is 3.03. The van der Waals surface area contributed by atoms with Crippen molar-refractivity contribution < 1.29 is 22.5 Å². The fraction of sp³-hybridized carbons (Fsp3) is 0.350. The lowest BCUT2D eigenvalue weighted by molar-refractivity contribution is -0.333. The summed E-state index contributed by atoms with van der Waals surface area (Å²) in [6, 6.07) is 7.95. The zero-order chi connectivity index (χ0) is 20.3. The van der Waals surface area contributed by atoms with Gasteiger partial charge in [0.1, 0.15) is 11.5 Å². The van der Waals surface area contributed by atoms with Crippen LogP contribution in [0.4, 0.5) is 29.5 Å². The SMILES string of the molecule is C=[N+](C(=O)N(C)CCc1ccc2c(n1)NCCC2)c1ccc(C(F)(F)F)cc1. The molecule has 1 aliphatic heterocycles. The van der Waals surface area contributed by atoms with Crippen molar-refractivity contribution in [1.29, 1.82) is 0 Å². The number of rotatable bonds is 4. The van der Waals surface area contributed by atoms with E-state index in [9.17, 15) is 18.0 Å². The zero-order valence-electron chi connectivity index (χ0n) is 15.6. The summed E-state index contributed by atoms with van der Waals surface area (Å²) in [7, 11) is 1.63. The Morgan fingerprint density at radius 2 is 1.96 bits per heavy atom. The number of halogens is 3. The summed E-state index contributed by atoms with van der Waals surface area (Å²) >= 11 is 0. The van der Waals surface area contributed by atoms with Gasteiger partial charge in [-0.3, -0.25) is 0 Å². The molecule has 0 saturated carbocycles. The molecule has 1 aromatic carbocycles. The number of carbonyl (C=O) groups is 1. The third-order valence-corrected chi connectivity index (χ3v) is 4.72. The first-order valence-corrected chi connectivity index (χ1v) is 9.01. The first kappa shape index (κ1) is 19.9. The third kappa shape index (κ3) is 4.49. The summed E-state index contributed by atoms with van der Waals surface area (Å²) in [5.41, 5.74) is 1.60. The second-order valence-electron chi connectivity index (χ2n) is 6.77. The van der Waals surface area contributed by atoms with Gasteiger partial charge in [-0.2, -0.15) is 22.5 Å². The van der Waals surface area contributed by atoms with Crippen molar-refractivity contribution in [1.82, 2.24) is 9.88 Å². The van der Waals surface area contributed by atoms with Gasteiger partial charge in [0, 0.05) is 18.7 Å². The third-order valence-electron chi connectivity index (χ3n) is 4.72. The fourth-order valence-corrected chi connectivity index (χ4v) is 3.03. The van der Waals surface area contributed by atoms with Crippen LogP contribution >= 0.6 is 0 Å². The van der Waals surface area contributed by atoms with Gasteiger partial charge in [-0.25, -0.2) is 9.88 Å². The van der Waals surface area contributed by atoms with Gasteiger partial charge in [-0.15, -0.1) is 0 Å². The molecule has 3 rings (SSSR count). The minimum absolute atomic E-state index is 0.293. The number of alkyl halides is 3. The molecular weight excluding hydrogens is 369 g/mol. The van der Waals surface area contributed by atoms with E-state index in [4.69, 9.17) is 0 Å². The highest BCUT2D eigenvalue weighted by atomic mass is 19.4.